The zero-order chi connectivity index (χ0) is 14.5. The lowest BCUT2D eigenvalue weighted by atomic mass is 10.2. The second-order valence-electron chi connectivity index (χ2n) is 4.34. The number of benzene rings is 1. The molecular weight excluding hydrogens is 286 g/mol. The van der Waals surface area contributed by atoms with E-state index in [1.807, 2.05) is 20.8 Å². The minimum absolute atomic E-state index is 0.0969. The number of ether oxygens (including phenoxy) is 1. The maximum Gasteiger partial charge on any atom is 0.240 e. The van der Waals surface area contributed by atoms with Crippen molar-refractivity contribution in [3.05, 3.63) is 23.2 Å². The van der Waals surface area contributed by atoms with Crippen LogP contribution in [0.3, 0.4) is 0 Å². The van der Waals surface area contributed by atoms with E-state index in [4.69, 9.17) is 16.3 Å². The van der Waals surface area contributed by atoms with Crippen LogP contribution in [0.2, 0.25) is 5.02 Å². The maximum absolute atomic E-state index is 12.1. The topological polar surface area (TPSA) is 55.4 Å². The van der Waals surface area contributed by atoms with Crippen LogP contribution in [0.25, 0.3) is 0 Å². The summed E-state index contributed by atoms with van der Waals surface area (Å²) in [4.78, 5) is 0.156. The number of hydrogen-bond acceptors (Lipinski definition) is 3. The van der Waals surface area contributed by atoms with Crippen LogP contribution in [0, 0.1) is 0 Å². The smallest absolute Gasteiger partial charge is 0.240 e. The minimum Gasteiger partial charge on any atom is -0.492 e. The summed E-state index contributed by atoms with van der Waals surface area (Å²) < 4.78 is 32.2. The van der Waals surface area contributed by atoms with Gasteiger partial charge < -0.3 is 4.74 Å². The van der Waals surface area contributed by atoms with Crippen molar-refractivity contribution in [2.75, 3.05) is 6.61 Å². The highest BCUT2D eigenvalue weighted by Crippen LogP contribution is 2.27. The minimum atomic E-state index is -3.53. The van der Waals surface area contributed by atoms with Gasteiger partial charge in [-0.15, -0.1) is 0 Å². The molecule has 0 aromatic heterocycles. The molecule has 19 heavy (non-hydrogen) atoms. The lowest BCUT2D eigenvalue weighted by molar-refractivity contribution is 0.340. The van der Waals surface area contributed by atoms with E-state index in [-0.39, 0.29) is 10.9 Å². The Labute approximate surface area is 120 Å². The Morgan fingerprint density at radius 3 is 2.58 bits per heavy atom. The Bertz CT molecular complexity index is 517. The third kappa shape index (κ3) is 4.67. The van der Waals surface area contributed by atoms with E-state index in [0.717, 1.165) is 12.8 Å². The van der Waals surface area contributed by atoms with Crippen LogP contribution in [-0.2, 0) is 10.0 Å². The van der Waals surface area contributed by atoms with E-state index in [0.29, 0.717) is 17.4 Å². The summed E-state index contributed by atoms with van der Waals surface area (Å²) in [5.41, 5.74) is 0. The van der Waals surface area contributed by atoms with Gasteiger partial charge in [0.15, 0.2) is 0 Å². The van der Waals surface area contributed by atoms with Crippen LogP contribution in [0.4, 0.5) is 0 Å². The molecule has 0 saturated carbocycles. The summed E-state index contributed by atoms with van der Waals surface area (Å²) in [7, 11) is -3.53. The fourth-order valence-corrected chi connectivity index (χ4v) is 3.35. The number of hydrogen-bond donors (Lipinski definition) is 1. The van der Waals surface area contributed by atoms with E-state index in [9.17, 15) is 8.42 Å². The van der Waals surface area contributed by atoms with E-state index in [1.54, 1.807) is 6.07 Å². The average molecular weight is 306 g/mol. The molecule has 0 aliphatic carbocycles. The molecule has 1 N–H and O–H groups in total. The van der Waals surface area contributed by atoms with E-state index >= 15 is 0 Å². The highest BCUT2D eigenvalue weighted by molar-refractivity contribution is 7.89. The van der Waals surface area contributed by atoms with Crippen LogP contribution < -0.4 is 9.46 Å². The van der Waals surface area contributed by atoms with E-state index < -0.39 is 10.0 Å². The highest BCUT2D eigenvalue weighted by Gasteiger charge is 2.18. The first-order valence-electron chi connectivity index (χ1n) is 6.35. The Morgan fingerprint density at radius 2 is 2.05 bits per heavy atom. The van der Waals surface area contributed by atoms with Crippen molar-refractivity contribution < 1.29 is 13.2 Å². The number of sulfonamides is 1. The van der Waals surface area contributed by atoms with Crippen LogP contribution in [0.15, 0.2) is 23.1 Å². The second kappa shape index (κ2) is 7.12. The molecule has 1 aromatic carbocycles. The molecule has 6 heteroatoms. The van der Waals surface area contributed by atoms with Crippen molar-refractivity contribution in [2.24, 2.45) is 0 Å². The fraction of sp³-hybridized carbons (Fsp3) is 0.538. The third-order valence-corrected chi connectivity index (χ3v) is 4.47. The Balaban J connectivity index is 2.93. The largest absolute Gasteiger partial charge is 0.492 e. The predicted molar refractivity (Wildman–Crippen MR) is 77.3 cm³/mol. The summed E-state index contributed by atoms with van der Waals surface area (Å²) >= 11 is 5.99. The lowest BCUT2D eigenvalue weighted by Gasteiger charge is -2.14. The van der Waals surface area contributed by atoms with Crippen molar-refractivity contribution in [2.45, 2.75) is 44.6 Å². The zero-order valence-electron chi connectivity index (χ0n) is 11.4. The normalized spacial score (nSPS) is 13.3. The van der Waals surface area contributed by atoms with Crippen molar-refractivity contribution in [1.29, 1.82) is 0 Å². The molecule has 0 aliphatic rings. The summed E-state index contributed by atoms with van der Waals surface area (Å²) in [5.74, 6) is 0.490. The Morgan fingerprint density at radius 1 is 1.37 bits per heavy atom. The van der Waals surface area contributed by atoms with Crippen LogP contribution >= 0.6 is 11.6 Å². The Kier molecular flexibility index (Phi) is 6.10. The van der Waals surface area contributed by atoms with Crippen LogP contribution in [0.5, 0.6) is 5.75 Å². The summed E-state index contributed by atoms with van der Waals surface area (Å²) in [6, 6.07) is 4.39. The van der Waals surface area contributed by atoms with Gasteiger partial charge in [0.05, 0.1) is 16.5 Å². The molecule has 0 heterocycles. The molecule has 0 fully saturated rings. The molecule has 0 unspecified atom stereocenters. The molecule has 4 nitrogen and oxygen atoms in total. The van der Waals surface area contributed by atoms with Crippen molar-refractivity contribution in [1.82, 2.24) is 4.72 Å². The standard InChI is InChI=1S/C13H20ClNO3S/c1-4-6-10(3)15-19(16,17)11-7-8-13(18-5-2)12(14)9-11/h7-10,15H,4-6H2,1-3H3/t10-/m0/s1. The quantitative estimate of drug-likeness (QED) is 0.841. The van der Waals surface area contributed by atoms with Gasteiger partial charge in [-0.3, -0.25) is 0 Å². The summed E-state index contributed by atoms with van der Waals surface area (Å²) in [6.45, 7) is 6.18. The molecule has 0 bridgehead atoms. The summed E-state index contributed by atoms with van der Waals surface area (Å²) in [6.07, 6.45) is 1.72. The first-order valence-corrected chi connectivity index (χ1v) is 8.21. The van der Waals surface area contributed by atoms with E-state index in [2.05, 4.69) is 4.72 Å². The first kappa shape index (κ1) is 16.3. The lowest BCUT2D eigenvalue weighted by Crippen LogP contribution is -2.32. The number of halogens is 1. The highest BCUT2D eigenvalue weighted by atomic mass is 35.5. The molecule has 0 radical (unpaired) electrons. The monoisotopic (exact) mass is 305 g/mol. The molecule has 0 aliphatic heterocycles. The average Bonchev–Trinajstić information content (AvgIpc) is 2.31. The summed E-state index contributed by atoms with van der Waals surface area (Å²) in [5, 5.41) is 0.299. The number of rotatable bonds is 7. The number of nitrogens with one attached hydrogen (secondary N) is 1. The maximum atomic E-state index is 12.1. The van der Waals surface area contributed by atoms with E-state index in [1.165, 1.54) is 12.1 Å². The van der Waals surface area contributed by atoms with Crippen LogP contribution in [0.1, 0.15) is 33.6 Å². The Hall–Kier alpha value is -0.780. The molecule has 1 atom stereocenters. The van der Waals surface area contributed by atoms with Gasteiger partial charge >= 0.3 is 0 Å². The fourth-order valence-electron chi connectivity index (χ4n) is 1.75. The predicted octanol–water partition coefficient (Wildman–Crippen LogP) is 3.21. The molecule has 0 amide bonds. The van der Waals surface area contributed by atoms with Crippen molar-refractivity contribution in [3.63, 3.8) is 0 Å². The van der Waals surface area contributed by atoms with Gasteiger partial charge in [0.25, 0.3) is 0 Å². The van der Waals surface area contributed by atoms with Gasteiger partial charge in [-0.1, -0.05) is 24.9 Å². The van der Waals surface area contributed by atoms with Gasteiger partial charge in [0.2, 0.25) is 10.0 Å². The third-order valence-electron chi connectivity index (χ3n) is 2.59. The second-order valence-corrected chi connectivity index (χ2v) is 6.46. The van der Waals surface area contributed by atoms with Crippen molar-refractivity contribution >= 4 is 21.6 Å². The van der Waals surface area contributed by atoms with Gasteiger partial charge in [0, 0.05) is 6.04 Å². The van der Waals surface area contributed by atoms with Gasteiger partial charge in [-0.2, -0.15) is 0 Å². The van der Waals surface area contributed by atoms with Crippen LogP contribution in [-0.4, -0.2) is 21.1 Å². The molecule has 0 saturated heterocycles. The van der Waals surface area contributed by atoms with Crippen molar-refractivity contribution in [3.8, 4) is 5.75 Å². The molecule has 1 aromatic rings. The molecule has 108 valence electrons. The van der Waals surface area contributed by atoms with Gasteiger partial charge in [-0.25, -0.2) is 13.1 Å². The molecular formula is C13H20ClNO3S. The van der Waals surface area contributed by atoms with Gasteiger partial charge in [0.1, 0.15) is 5.75 Å². The zero-order valence-corrected chi connectivity index (χ0v) is 13.0. The molecule has 0 spiro atoms. The van der Waals surface area contributed by atoms with Gasteiger partial charge in [-0.05, 0) is 38.5 Å². The molecule has 1 rings (SSSR count). The first-order chi connectivity index (χ1) is 8.90. The SMILES string of the molecule is CCC[C@H](C)NS(=O)(=O)c1ccc(OCC)c(Cl)c1.